The molecule has 0 aliphatic carbocycles. The Morgan fingerprint density at radius 2 is 1.81 bits per heavy atom. The summed E-state index contributed by atoms with van der Waals surface area (Å²) in [6.07, 6.45) is 0.787. The van der Waals surface area contributed by atoms with Gasteiger partial charge in [0, 0.05) is 6.54 Å². The topological polar surface area (TPSA) is 82.0 Å². The maximum Gasteiger partial charge on any atom is 0.160 e. The highest BCUT2D eigenvalue weighted by molar-refractivity contribution is 5.52. The Morgan fingerprint density at radius 1 is 1.05 bits per heavy atom. The third kappa shape index (κ3) is 2.36. The number of fused-ring (bicyclic) bond motifs is 1. The second-order valence-corrected chi connectivity index (χ2v) is 5.11. The molecule has 0 radical (unpaired) electrons. The van der Waals surface area contributed by atoms with Crippen LogP contribution in [-0.4, -0.2) is 29.0 Å². The van der Waals surface area contributed by atoms with E-state index in [2.05, 4.69) is 5.32 Å². The lowest BCUT2D eigenvalue weighted by Gasteiger charge is -2.28. The molecule has 5 nitrogen and oxygen atoms in total. The molecule has 2 aromatic carbocycles. The van der Waals surface area contributed by atoms with Crippen molar-refractivity contribution in [2.24, 2.45) is 0 Å². The van der Waals surface area contributed by atoms with Gasteiger partial charge in [0.15, 0.2) is 23.0 Å². The zero-order valence-corrected chi connectivity index (χ0v) is 11.6. The van der Waals surface area contributed by atoms with Gasteiger partial charge in [0.05, 0.1) is 13.2 Å². The number of benzene rings is 2. The van der Waals surface area contributed by atoms with E-state index < -0.39 is 0 Å². The molecule has 5 heteroatoms. The van der Waals surface area contributed by atoms with E-state index in [0.29, 0.717) is 5.75 Å². The van der Waals surface area contributed by atoms with Crippen molar-refractivity contribution < 1.29 is 20.1 Å². The number of phenols is 3. The molecule has 3 rings (SSSR count). The lowest BCUT2D eigenvalue weighted by atomic mass is 9.89. The van der Waals surface area contributed by atoms with Crippen LogP contribution < -0.4 is 10.1 Å². The predicted molar refractivity (Wildman–Crippen MR) is 78.0 cm³/mol. The largest absolute Gasteiger partial charge is 0.504 e. The van der Waals surface area contributed by atoms with Gasteiger partial charge in [-0.2, -0.15) is 0 Å². The fourth-order valence-electron chi connectivity index (χ4n) is 2.75. The van der Waals surface area contributed by atoms with Crippen molar-refractivity contribution in [3.8, 4) is 23.0 Å². The zero-order chi connectivity index (χ0) is 15.0. The van der Waals surface area contributed by atoms with Gasteiger partial charge >= 0.3 is 0 Å². The average Bonchev–Trinajstić information content (AvgIpc) is 2.48. The third-order valence-electron chi connectivity index (χ3n) is 3.83. The molecule has 2 aromatic rings. The second-order valence-electron chi connectivity index (χ2n) is 5.11. The monoisotopic (exact) mass is 287 g/mol. The average molecular weight is 287 g/mol. The molecule has 21 heavy (non-hydrogen) atoms. The first-order valence-corrected chi connectivity index (χ1v) is 6.75. The van der Waals surface area contributed by atoms with Crippen LogP contribution in [0.1, 0.15) is 22.7 Å². The molecule has 4 N–H and O–H groups in total. The summed E-state index contributed by atoms with van der Waals surface area (Å²) in [5, 5.41) is 32.4. The Labute approximate surface area is 122 Å². The Morgan fingerprint density at radius 3 is 2.57 bits per heavy atom. The van der Waals surface area contributed by atoms with Crippen LogP contribution in [0.3, 0.4) is 0 Å². The minimum absolute atomic E-state index is 0.0887. The molecule has 1 aliphatic rings. The molecule has 0 bridgehead atoms. The van der Waals surface area contributed by atoms with Gasteiger partial charge in [-0.15, -0.1) is 0 Å². The van der Waals surface area contributed by atoms with Gasteiger partial charge in [0.25, 0.3) is 0 Å². The van der Waals surface area contributed by atoms with Crippen molar-refractivity contribution in [2.75, 3.05) is 13.7 Å². The molecule has 0 unspecified atom stereocenters. The van der Waals surface area contributed by atoms with E-state index in [1.165, 1.54) is 7.11 Å². The fourth-order valence-corrected chi connectivity index (χ4v) is 2.75. The number of hydrogen-bond donors (Lipinski definition) is 4. The second kappa shape index (κ2) is 5.18. The first kappa shape index (κ1) is 13.6. The first-order valence-electron chi connectivity index (χ1n) is 6.75. The quantitative estimate of drug-likeness (QED) is 0.636. The highest BCUT2D eigenvalue weighted by Gasteiger charge is 2.24. The molecule has 0 saturated carbocycles. The summed E-state index contributed by atoms with van der Waals surface area (Å²) in [4.78, 5) is 0. The smallest absolute Gasteiger partial charge is 0.160 e. The molecule has 0 spiro atoms. The number of rotatable bonds is 2. The van der Waals surface area contributed by atoms with Crippen LogP contribution in [0.5, 0.6) is 23.0 Å². The molecular weight excluding hydrogens is 270 g/mol. The van der Waals surface area contributed by atoms with Crippen LogP contribution in [0.4, 0.5) is 0 Å². The van der Waals surface area contributed by atoms with E-state index in [4.69, 9.17) is 4.74 Å². The highest BCUT2D eigenvalue weighted by Crippen LogP contribution is 2.38. The number of nitrogens with one attached hydrogen (secondary N) is 1. The molecule has 1 aliphatic heterocycles. The van der Waals surface area contributed by atoms with E-state index >= 15 is 0 Å². The minimum atomic E-state index is -0.131. The minimum Gasteiger partial charge on any atom is -0.504 e. The Balaban J connectivity index is 2.07. The molecule has 0 aromatic heterocycles. The van der Waals surface area contributed by atoms with Crippen molar-refractivity contribution in [1.82, 2.24) is 5.32 Å². The van der Waals surface area contributed by atoms with Crippen LogP contribution in [0, 0.1) is 0 Å². The number of phenolic OH excluding ortho intramolecular Hbond substituents is 3. The number of aromatic hydroxyl groups is 3. The lowest BCUT2D eigenvalue weighted by Crippen LogP contribution is -2.30. The number of methoxy groups -OCH3 is 1. The maximum atomic E-state index is 9.74. The van der Waals surface area contributed by atoms with Crippen molar-refractivity contribution in [3.63, 3.8) is 0 Å². The summed E-state index contributed by atoms with van der Waals surface area (Å²) in [5.74, 6) is 0.265. The van der Waals surface area contributed by atoms with Crippen LogP contribution in [0.2, 0.25) is 0 Å². The zero-order valence-electron chi connectivity index (χ0n) is 11.6. The summed E-state index contributed by atoms with van der Waals surface area (Å²) in [5.41, 5.74) is 2.85. The van der Waals surface area contributed by atoms with Crippen LogP contribution >= 0.6 is 0 Å². The lowest BCUT2D eigenvalue weighted by molar-refractivity contribution is 0.372. The van der Waals surface area contributed by atoms with E-state index in [1.807, 2.05) is 6.07 Å². The fraction of sp³-hybridized carbons (Fsp3) is 0.250. The standard InChI is InChI=1S/C16H17NO4/c1-21-15-7-10(2-3-12(15)18)16-11-8-14(20)13(19)6-9(11)4-5-17-16/h2-3,6-8,16-20H,4-5H2,1H3/t16-/m0/s1. The van der Waals surface area contributed by atoms with Gasteiger partial charge < -0.3 is 25.4 Å². The summed E-state index contributed by atoms with van der Waals surface area (Å²) in [7, 11) is 1.50. The van der Waals surface area contributed by atoms with E-state index in [1.54, 1.807) is 24.3 Å². The first-order chi connectivity index (χ1) is 10.1. The Hall–Kier alpha value is -2.40. The molecule has 110 valence electrons. The predicted octanol–water partition coefficient (Wildman–Crippen LogP) is 2.05. The Kier molecular flexibility index (Phi) is 3.35. The van der Waals surface area contributed by atoms with Gasteiger partial charge in [-0.1, -0.05) is 6.07 Å². The molecule has 0 amide bonds. The summed E-state index contributed by atoms with van der Waals surface area (Å²) >= 11 is 0. The summed E-state index contributed by atoms with van der Waals surface area (Å²) in [6.45, 7) is 0.769. The van der Waals surface area contributed by atoms with Crippen molar-refractivity contribution in [3.05, 3.63) is 47.0 Å². The van der Waals surface area contributed by atoms with Crippen molar-refractivity contribution in [1.29, 1.82) is 0 Å². The summed E-state index contributed by atoms with van der Waals surface area (Å²) in [6, 6.07) is 8.25. The molecule has 1 atom stereocenters. The summed E-state index contributed by atoms with van der Waals surface area (Å²) < 4.78 is 5.14. The molecule has 0 fully saturated rings. The molecular formula is C16H17NO4. The normalized spacial score (nSPS) is 17.3. The van der Waals surface area contributed by atoms with Gasteiger partial charge in [0.1, 0.15) is 0 Å². The number of hydrogen-bond acceptors (Lipinski definition) is 5. The van der Waals surface area contributed by atoms with E-state index in [9.17, 15) is 15.3 Å². The maximum absolute atomic E-state index is 9.74. The SMILES string of the molecule is COc1cc([C@@H]2NCCc3cc(O)c(O)cc32)ccc1O. The molecule has 1 heterocycles. The van der Waals surface area contributed by atoms with E-state index in [0.717, 1.165) is 29.7 Å². The van der Waals surface area contributed by atoms with Crippen molar-refractivity contribution >= 4 is 0 Å². The van der Waals surface area contributed by atoms with Crippen LogP contribution in [0.15, 0.2) is 30.3 Å². The third-order valence-corrected chi connectivity index (χ3v) is 3.83. The number of ether oxygens (including phenoxy) is 1. The van der Waals surface area contributed by atoms with Gasteiger partial charge in [-0.3, -0.25) is 0 Å². The van der Waals surface area contributed by atoms with Gasteiger partial charge in [-0.05, 0) is 47.4 Å². The Bertz CT molecular complexity index is 684. The van der Waals surface area contributed by atoms with Crippen LogP contribution in [-0.2, 0) is 6.42 Å². The highest BCUT2D eigenvalue weighted by atomic mass is 16.5. The van der Waals surface area contributed by atoms with Gasteiger partial charge in [-0.25, -0.2) is 0 Å². The molecule has 0 saturated heterocycles. The van der Waals surface area contributed by atoms with Crippen LogP contribution in [0.25, 0.3) is 0 Å². The van der Waals surface area contributed by atoms with Crippen molar-refractivity contribution in [2.45, 2.75) is 12.5 Å². The van der Waals surface area contributed by atoms with Gasteiger partial charge in [0.2, 0.25) is 0 Å². The van der Waals surface area contributed by atoms with E-state index in [-0.39, 0.29) is 23.3 Å².